The van der Waals surface area contributed by atoms with Gasteiger partial charge in [0.1, 0.15) is 0 Å². The smallest absolute Gasteiger partial charge is 0.255 e. The number of fused-ring (bicyclic) bond motifs is 2. The van der Waals surface area contributed by atoms with Crippen LogP contribution in [-0.4, -0.2) is 32.2 Å². The molecule has 6 heteroatoms. The van der Waals surface area contributed by atoms with Gasteiger partial charge in [-0.2, -0.15) is 0 Å². The van der Waals surface area contributed by atoms with E-state index in [1.54, 1.807) is 12.1 Å². The fourth-order valence-electron chi connectivity index (χ4n) is 3.91. The quantitative estimate of drug-likeness (QED) is 0.697. The minimum atomic E-state index is -0.228. The van der Waals surface area contributed by atoms with E-state index in [-0.39, 0.29) is 5.91 Å². The van der Waals surface area contributed by atoms with Gasteiger partial charge in [0.05, 0.1) is 32.5 Å². The van der Waals surface area contributed by atoms with Crippen molar-refractivity contribution in [3.63, 3.8) is 0 Å². The summed E-state index contributed by atoms with van der Waals surface area (Å²) in [5.74, 6) is 1.11. The number of pyridine rings is 1. The Hall–Kier alpha value is -3.28. The van der Waals surface area contributed by atoms with Crippen molar-refractivity contribution >= 4 is 22.5 Å². The third-order valence-corrected chi connectivity index (χ3v) is 5.33. The number of anilines is 1. The number of nitrogens with zero attached hydrogens (tertiary/aromatic N) is 1. The highest BCUT2D eigenvalue weighted by Gasteiger charge is 2.22. The Balaban J connectivity index is 1.79. The van der Waals surface area contributed by atoms with E-state index in [9.17, 15) is 4.79 Å². The van der Waals surface area contributed by atoms with Crippen LogP contribution in [0.1, 0.15) is 34.5 Å². The molecule has 6 nitrogen and oxygen atoms in total. The lowest BCUT2D eigenvalue weighted by molar-refractivity contribution is 0.102. The van der Waals surface area contributed by atoms with Crippen LogP contribution in [0.25, 0.3) is 10.9 Å². The number of hydrogen-bond acceptors (Lipinski definition) is 5. The molecule has 0 atom stereocenters. The number of aryl methyl sites for hydroxylation is 1. The van der Waals surface area contributed by atoms with Gasteiger partial charge in [-0.3, -0.25) is 9.78 Å². The highest BCUT2D eigenvalue weighted by molar-refractivity contribution is 6.10. The molecule has 0 aliphatic heterocycles. The third kappa shape index (κ3) is 3.46. The number of carbonyl (C=O) groups is 1. The van der Waals surface area contributed by atoms with Crippen molar-refractivity contribution in [1.82, 2.24) is 4.98 Å². The van der Waals surface area contributed by atoms with Crippen LogP contribution < -0.4 is 19.5 Å². The number of nitrogens with one attached hydrogen (secondary N) is 1. The Labute approximate surface area is 169 Å². The van der Waals surface area contributed by atoms with Gasteiger partial charge in [-0.05, 0) is 49.4 Å². The second kappa shape index (κ2) is 7.99. The third-order valence-electron chi connectivity index (χ3n) is 5.33. The van der Waals surface area contributed by atoms with E-state index in [1.807, 2.05) is 24.3 Å². The van der Waals surface area contributed by atoms with E-state index in [0.29, 0.717) is 22.8 Å². The Morgan fingerprint density at radius 1 is 0.966 bits per heavy atom. The van der Waals surface area contributed by atoms with E-state index in [1.165, 1.54) is 21.3 Å². The van der Waals surface area contributed by atoms with Crippen LogP contribution in [0, 0.1) is 0 Å². The first kappa shape index (κ1) is 19.1. The van der Waals surface area contributed by atoms with Gasteiger partial charge < -0.3 is 19.5 Å². The van der Waals surface area contributed by atoms with Crippen molar-refractivity contribution in [2.24, 2.45) is 0 Å². The molecule has 4 rings (SSSR count). The largest absolute Gasteiger partial charge is 0.493 e. The van der Waals surface area contributed by atoms with Crippen LogP contribution in [0.3, 0.4) is 0 Å². The molecular formula is C23H24N2O4. The summed E-state index contributed by atoms with van der Waals surface area (Å²) in [6.07, 6.45) is 4.07. The van der Waals surface area contributed by atoms with E-state index in [2.05, 4.69) is 5.32 Å². The molecule has 0 unspecified atom stereocenters. The van der Waals surface area contributed by atoms with Gasteiger partial charge >= 0.3 is 0 Å². The van der Waals surface area contributed by atoms with Crippen LogP contribution in [0.15, 0.2) is 36.4 Å². The van der Waals surface area contributed by atoms with Gasteiger partial charge in [-0.15, -0.1) is 0 Å². The monoisotopic (exact) mass is 392 g/mol. The SMILES string of the molecule is COc1cc(C(=O)Nc2c3c(nc4ccccc24)CCCC3)cc(OC)c1OC. The van der Waals surface area contributed by atoms with Crippen LogP contribution in [0.2, 0.25) is 0 Å². The summed E-state index contributed by atoms with van der Waals surface area (Å²) in [7, 11) is 4.60. The lowest BCUT2D eigenvalue weighted by Gasteiger charge is -2.21. The summed E-state index contributed by atoms with van der Waals surface area (Å²) < 4.78 is 16.1. The van der Waals surface area contributed by atoms with Crippen molar-refractivity contribution in [2.75, 3.05) is 26.6 Å². The Kier molecular flexibility index (Phi) is 5.25. The molecule has 1 aromatic heterocycles. The molecule has 150 valence electrons. The fraction of sp³-hybridized carbons (Fsp3) is 0.304. The van der Waals surface area contributed by atoms with Gasteiger partial charge in [0.2, 0.25) is 5.75 Å². The normalized spacial score (nSPS) is 12.9. The second-order valence-corrected chi connectivity index (χ2v) is 7.00. The van der Waals surface area contributed by atoms with Crippen molar-refractivity contribution < 1.29 is 19.0 Å². The number of carbonyl (C=O) groups excluding carboxylic acids is 1. The number of amides is 1. The number of methoxy groups -OCH3 is 3. The molecule has 1 aliphatic rings. The topological polar surface area (TPSA) is 69.7 Å². The van der Waals surface area contributed by atoms with Crippen LogP contribution in [0.4, 0.5) is 5.69 Å². The van der Waals surface area contributed by atoms with Gasteiger partial charge in [0.25, 0.3) is 5.91 Å². The molecule has 0 radical (unpaired) electrons. The van der Waals surface area contributed by atoms with E-state index < -0.39 is 0 Å². The first-order valence-electron chi connectivity index (χ1n) is 9.68. The number of para-hydroxylation sites is 1. The Morgan fingerprint density at radius 3 is 2.34 bits per heavy atom. The van der Waals surface area contributed by atoms with Crippen molar-refractivity contribution in [2.45, 2.75) is 25.7 Å². The maximum absolute atomic E-state index is 13.2. The van der Waals surface area contributed by atoms with E-state index in [0.717, 1.165) is 53.5 Å². The highest BCUT2D eigenvalue weighted by atomic mass is 16.5. The number of hydrogen-bond donors (Lipinski definition) is 1. The average molecular weight is 392 g/mol. The summed E-state index contributed by atoms with van der Waals surface area (Å²) in [4.78, 5) is 18.0. The lowest BCUT2D eigenvalue weighted by atomic mass is 9.92. The van der Waals surface area contributed by atoms with E-state index >= 15 is 0 Å². The molecule has 1 aliphatic carbocycles. The molecule has 1 heterocycles. The van der Waals surface area contributed by atoms with Gasteiger partial charge in [0.15, 0.2) is 11.5 Å². The fourth-order valence-corrected chi connectivity index (χ4v) is 3.91. The summed E-state index contributed by atoms with van der Waals surface area (Å²) in [5.41, 5.74) is 4.40. The molecule has 3 aromatic rings. The maximum atomic E-state index is 13.2. The first-order chi connectivity index (χ1) is 14.2. The number of benzene rings is 2. The molecule has 0 saturated heterocycles. The van der Waals surface area contributed by atoms with Crippen molar-refractivity contribution in [3.8, 4) is 17.2 Å². The number of rotatable bonds is 5. The van der Waals surface area contributed by atoms with Gasteiger partial charge in [-0.25, -0.2) is 0 Å². The Morgan fingerprint density at radius 2 is 1.66 bits per heavy atom. The molecular weight excluding hydrogens is 368 g/mol. The summed E-state index contributed by atoms with van der Waals surface area (Å²) in [6.45, 7) is 0. The molecule has 0 fully saturated rings. The molecule has 2 aromatic carbocycles. The highest BCUT2D eigenvalue weighted by Crippen LogP contribution is 2.39. The van der Waals surface area contributed by atoms with Crippen LogP contribution >= 0.6 is 0 Å². The minimum absolute atomic E-state index is 0.228. The summed E-state index contributed by atoms with van der Waals surface area (Å²) in [6, 6.07) is 11.2. The summed E-state index contributed by atoms with van der Waals surface area (Å²) >= 11 is 0. The number of aromatic nitrogens is 1. The predicted octanol–water partition coefficient (Wildman–Crippen LogP) is 4.39. The molecule has 1 amide bonds. The lowest BCUT2D eigenvalue weighted by Crippen LogP contribution is -2.17. The van der Waals surface area contributed by atoms with Gasteiger partial charge in [0, 0.05) is 16.6 Å². The molecule has 0 bridgehead atoms. The maximum Gasteiger partial charge on any atom is 0.255 e. The van der Waals surface area contributed by atoms with Gasteiger partial charge in [-0.1, -0.05) is 18.2 Å². The minimum Gasteiger partial charge on any atom is -0.493 e. The standard InChI is InChI=1S/C23H24N2O4/c1-27-19-12-14(13-20(28-2)22(19)29-3)23(26)25-21-15-8-4-6-10-17(15)24-18-11-7-5-9-16(18)21/h4,6,8,10,12-13H,5,7,9,11H2,1-3H3,(H,24,25,26). The molecule has 0 saturated carbocycles. The number of ether oxygens (including phenoxy) is 3. The molecule has 0 spiro atoms. The van der Waals surface area contributed by atoms with Crippen LogP contribution in [-0.2, 0) is 12.8 Å². The summed E-state index contributed by atoms with van der Waals surface area (Å²) in [5, 5.41) is 4.09. The first-order valence-corrected chi connectivity index (χ1v) is 9.68. The van der Waals surface area contributed by atoms with Crippen molar-refractivity contribution in [3.05, 3.63) is 53.2 Å². The second-order valence-electron chi connectivity index (χ2n) is 7.00. The zero-order valence-electron chi connectivity index (χ0n) is 16.9. The average Bonchev–Trinajstić information content (AvgIpc) is 2.77. The van der Waals surface area contributed by atoms with Crippen LogP contribution in [0.5, 0.6) is 17.2 Å². The zero-order chi connectivity index (χ0) is 20.4. The van der Waals surface area contributed by atoms with E-state index in [4.69, 9.17) is 19.2 Å². The Bertz CT molecular complexity index is 1050. The van der Waals surface area contributed by atoms with Crippen molar-refractivity contribution in [1.29, 1.82) is 0 Å². The zero-order valence-corrected chi connectivity index (χ0v) is 16.9. The predicted molar refractivity (Wildman–Crippen MR) is 112 cm³/mol. The molecule has 1 N–H and O–H groups in total. The molecule has 29 heavy (non-hydrogen) atoms.